The number of nitrogens with zero attached hydrogens (tertiary/aromatic N) is 1. The zero-order valence-corrected chi connectivity index (χ0v) is 23.3. The Hall–Kier alpha value is -4.28. The van der Waals surface area contributed by atoms with Crippen LogP contribution in [0.3, 0.4) is 0 Å². The Balaban J connectivity index is 1.40. The van der Waals surface area contributed by atoms with Gasteiger partial charge in [0.05, 0.1) is 11.5 Å². The largest absolute Gasteiger partial charge is 0.490 e. The van der Waals surface area contributed by atoms with Gasteiger partial charge in [-0.1, -0.05) is 41.4 Å². The number of carbonyl (C=O) groups excluding carboxylic acids is 4. The van der Waals surface area contributed by atoms with Crippen molar-refractivity contribution in [1.29, 1.82) is 0 Å². The van der Waals surface area contributed by atoms with Gasteiger partial charge in [0.2, 0.25) is 5.91 Å². The van der Waals surface area contributed by atoms with Gasteiger partial charge in [-0.2, -0.15) is 0 Å². The first-order chi connectivity index (χ1) is 19.2. The SMILES string of the molecule is CCOc1cc(/C=C2\SC(=O)N(CC(=O)Nc3cccc(Cl)c3)C2=O)ccc1OCC(=O)Nc1ccc(C)cc1. The molecule has 0 unspecified atom stereocenters. The van der Waals surface area contributed by atoms with Crippen LogP contribution >= 0.6 is 23.4 Å². The molecule has 4 amide bonds. The minimum absolute atomic E-state index is 0.161. The van der Waals surface area contributed by atoms with E-state index < -0.39 is 23.6 Å². The van der Waals surface area contributed by atoms with E-state index in [0.717, 1.165) is 22.2 Å². The molecular weight excluding hydrogens is 554 g/mol. The molecule has 1 aliphatic heterocycles. The summed E-state index contributed by atoms with van der Waals surface area (Å²) in [6.45, 7) is 3.44. The molecule has 1 aliphatic rings. The number of aryl methyl sites for hydroxylation is 1. The summed E-state index contributed by atoms with van der Waals surface area (Å²) >= 11 is 6.67. The van der Waals surface area contributed by atoms with Gasteiger partial charge in [0.15, 0.2) is 18.1 Å². The van der Waals surface area contributed by atoms with E-state index in [9.17, 15) is 19.2 Å². The summed E-state index contributed by atoms with van der Waals surface area (Å²) < 4.78 is 11.4. The lowest BCUT2D eigenvalue weighted by Crippen LogP contribution is -2.36. The molecule has 9 nitrogen and oxygen atoms in total. The quantitative estimate of drug-likeness (QED) is 0.294. The standard InChI is InChI=1S/C29H26ClN3O6S/c1-3-38-24-13-19(9-12-23(24)39-17-27(35)31-21-10-7-18(2)8-11-21)14-25-28(36)33(29(37)40-25)16-26(34)32-22-6-4-5-20(30)15-22/h4-15H,3,16-17H2,1-2H3,(H,31,35)(H,32,34)/b25-14-. The van der Waals surface area contributed by atoms with Crippen LogP contribution in [0, 0.1) is 6.92 Å². The Kier molecular flexibility index (Phi) is 9.47. The van der Waals surface area contributed by atoms with Crippen molar-refractivity contribution in [2.24, 2.45) is 0 Å². The molecule has 0 aliphatic carbocycles. The molecule has 0 saturated carbocycles. The average molecular weight is 580 g/mol. The molecule has 0 bridgehead atoms. The number of carbonyl (C=O) groups is 4. The predicted octanol–water partition coefficient (Wildman–Crippen LogP) is 5.74. The minimum Gasteiger partial charge on any atom is -0.490 e. The van der Waals surface area contributed by atoms with E-state index in [0.29, 0.717) is 40.1 Å². The third kappa shape index (κ3) is 7.64. The van der Waals surface area contributed by atoms with E-state index in [1.165, 1.54) is 6.08 Å². The third-order valence-electron chi connectivity index (χ3n) is 5.54. The predicted molar refractivity (Wildman–Crippen MR) is 156 cm³/mol. The average Bonchev–Trinajstić information content (AvgIpc) is 3.17. The van der Waals surface area contributed by atoms with Gasteiger partial charge < -0.3 is 20.1 Å². The second-order valence-corrected chi connectivity index (χ2v) is 10.1. The minimum atomic E-state index is -0.581. The van der Waals surface area contributed by atoms with E-state index >= 15 is 0 Å². The number of thioether (sulfide) groups is 1. The van der Waals surface area contributed by atoms with Crippen molar-refractivity contribution >= 4 is 63.8 Å². The second kappa shape index (κ2) is 13.2. The molecule has 3 aromatic carbocycles. The maximum absolute atomic E-state index is 12.9. The first kappa shape index (κ1) is 28.7. The fourth-order valence-corrected chi connectivity index (χ4v) is 4.71. The smallest absolute Gasteiger partial charge is 0.294 e. The third-order valence-corrected chi connectivity index (χ3v) is 6.69. The van der Waals surface area contributed by atoms with Crippen LogP contribution in [0.25, 0.3) is 6.08 Å². The van der Waals surface area contributed by atoms with Gasteiger partial charge in [-0.25, -0.2) is 0 Å². The van der Waals surface area contributed by atoms with Gasteiger partial charge in [0.25, 0.3) is 17.1 Å². The molecule has 2 N–H and O–H groups in total. The number of halogens is 1. The highest BCUT2D eigenvalue weighted by molar-refractivity contribution is 8.18. The van der Waals surface area contributed by atoms with Crippen molar-refractivity contribution in [3.8, 4) is 11.5 Å². The van der Waals surface area contributed by atoms with Gasteiger partial charge in [-0.05, 0) is 79.7 Å². The van der Waals surface area contributed by atoms with Gasteiger partial charge in [0.1, 0.15) is 6.54 Å². The van der Waals surface area contributed by atoms with Crippen LogP contribution in [-0.2, 0) is 14.4 Å². The van der Waals surface area contributed by atoms with E-state index in [1.807, 2.05) is 19.1 Å². The highest BCUT2D eigenvalue weighted by atomic mass is 35.5. The summed E-state index contributed by atoms with van der Waals surface area (Å²) in [6, 6.07) is 18.9. The summed E-state index contributed by atoms with van der Waals surface area (Å²) in [7, 11) is 0. The molecule has 1 saturated heterocycles. The van der Waals surface area contributed by atoms with E-state index in [-0.39, 0.29) is 17.4 Å². The number of ether oxygens (including phenoxy) is 2. The van der Waals surface area contributed by atoms with Crippen molar-refractivity contribution in [1.82, 2.24) is 4.90 Å². The first-order valence-corrected chi connectivity index (χ1v) is 13.5. The van der Waals surface area contributed by atoms with Crippen molar-refractivity contribution in [2.45, 2.75) is 13.8 Å². The van der Waals surface area contributed by atoms with Gasteiger partial charge in [-0.15, -0.1) is 0 Å². The lowest BCUT2D eigenvalue weighted by Gasteiger charge is -2.13. The molecule has 0 radical (unpaired) electrons. The Morgan fingerprint density at radius 3 is 2.40 bits per heavy atom. The molecule has 0 spiro atoms. The van der Waals surface area contributed by atoms with Crippen LogP contribution in [-0.4, -0.2) is 47.6 Å². The molecule has 0 atom stereocenters. The van der Waals surface area contributed by atoms with Crippen molar-refractivity contribution in [3.63, 3.8) is 0 Å². The van der Waals surface area contributed by atoms with Gasteiger partial charge in [0, 0.05) is 16.4 Å². The van der Waals surface area contributed by atoms with Crippen molar-refractivity contribution < 1.29 is 28.7 Å². The van der Waals surface area contributed by atoms with Crippen molar-refractivity contribution in [2.75, 3.05) is 30.4 Å². The Morgan fingerprint density at radius 2 is 1.68 bits per heavy atom. The Labute approximate surface area is 240 Å². The topological polar surface area (TPSA) is 114 Å². The number of imide groups is 1. The zero-order valence-electron chi connectivity index (χ0n) is 21.7. The molecule has 11 heteroatoms. The molecular formula is C29H26ClN3O6S. The van der Waals surface area contributed by atoms with Crippen LogP contribution in [0.2, 0.25) is 5.02 Å². The molecule has 3 aromatic rings. The Bertz CT molecular complexity index is 1470. The summed E-state index contributed by atoms with van der Waals surface area (Å²) in [4.78, 5) is 51.2. The molecule has 40 heavy (non-hydrogen) atoms. The highest BCUT2D eigenvalue weighted by Gasteiger charge is 2.36. The van der Waals surface area contributed by atoms with Crippen LogP contribution in [0.5, 0.6) is 11.5 Å². The number of hydrogen-bond acceptors (Lipinski definition) is 7. The van der Waals surface area contributed by atoms with Crippen LogP contribution < -0.4 is 20.1 Å². The van der Waals surface area contributed by atoms with Crippen LogP contribution in [0.15, 0.2) is 71.6 Å². The number of amides is 4. The zero-order chi connectivity index (χ0) is 28.6. The number of nitrogens with one attached hydrogen (secondary N) is 2. The summed E-state index contributed by atoms with van der Waals surface area (Å²) in [5.74, 6) is -0.716. The highest BCUT2D eigenvalue weighted by Crippen LogP contribution is 2.34. The maximum Gasteiger partial charge on any atom is 0.294 e. The van der Waals surface area contributed by atoms with Crippen molar-refractivity contribution in [3.05, 3.63) is 87.8 Å². The number of rotatable bonds is 10. The lowest BCUT2D eigenvalue weighted by atomic mass is 10.2. The molecule has 0 aromatic heterocycles. The number of benzene rings is 3. The molecule has 206 valence electrons. The van der Waals surface area contributed by atoms with E-state index in [2.05, 4.69) is 10.6 Å². The lowest BCUT2D eigenvalue weighted by molar-refractivity contribution is -0.127. The second-order valence-electron chi connectivity index (χ2n) is 8.67. The van der Waals surface area contributed by atoms with E-state index in [4.69, 9.17) is 21.1 Å². The van der Waals surface area contributed by atoms with Gasteiger partial charge >= 0.3 is 0 Å². The maximum atomic E-state index is 12.9. The fourth-order valence-electron chi connectivity index (χ4n) is 3.68. The molecule has 1 heterocycles. The summed E-state index contributed by atoms with van der Waals surface area (Å²) in [5.41, 5.74) is 2.78. The van der Waals surface area contributed by atoms with Gasteiger partial charge in [-0.3, -0.25) is 24.1 Å². The summed E-state index contributed by atoms with van der Waals surface area (Å²) in [5, 5.41) is 5.28. The number of anilines is 2. The molecule has 4 rings (SSSR count). The normalized spacial score (nSPS) is 13.9. The Morgan fingerprint density at radius 1 is 0.925 bits per heavy atom. The van der Waals surface area contributed by atoms with E-state index in [1.54, 1.807) is 61.5 Å². The summed E-state index contributed by atoms with van der Waals surface area (Å²) in [6.07, 6.45) is 1.54. The number of hydrogen-bond donors (Lipinski definition) is 2. The molecule has 1 fully saturated rings. The monoisotopic (exact) mass is 579 g/mol. The first-order valence-electron chi connectivity index (χ1n) is 12.3. The van der Waals surface area contributed by atoms with Crippen LogP contribution in [0.1, 0.15) is 18.1 Å². The van der Waals surface area contributed by atoms with Crippen LogP contribution in [0.4, 0.5) is 16.2 Å². The fraction of sp³-hybridized carbons (Fsp3) is 0.172.